The van der Waals surface area contributed by atoms with Gasteiger partial charge in [-0.3, -0.25) is 0 Å². The molecule has 0 radical (unpaired) electrons. The van der Waals surface area contributed by atoms with Crippen molar-refractivity contribution in [2.24, 2.45) is 11.7 Å². The topological polar surface area (TPSA) is 84.2 Å². The Hall–Kier alpha value is -1.11. The molecule has 1 atom stereocenters. The van der Waals surface area contributed by atoms with Gasteiger partial charge >= 0.3 is 0 Å². The highest BCUT2D eigenvalue weighted by molar-refractivity contribution is 7.89. The van der Waals surface area contributed by atoms with Gasteiger partial charge in [0.15, 0.2) is 0 Å². The summed E-state index contributed by atoms with van der Waals surface area (Å²) in [6, 6.07) is 7.01. The number of sulfonamides is 1. The zero-order valence-electron chi connectivity index (χ0n) is 12.7. The summed E-state index contributed by atoms with van der Waals surface area (Å²) < 4.78 is 27.4. The van der Waals surface area contributed by atoms with E-state index in [2.05, 4.69) is 17.0 Å². The van der Waals surface area contributed by atoms with E-state index in [1.165, 1.54) is 0 Å². The van der Waals surface area contributed by atoms with Crippen LogP contribution in [0.2, 0.25) is 0 Å². The van der Waals surface area contributed by atoms with Crippen molar-refractivity contribution in [1.82, 2.24) is 4.72 Å². The largest absolute Gasteiger partial charge is 0.377 e. The molecule has 0 heterocycles. The second kappa shape index (κ2) is 6.34. The fourth-order valence-electron chi connectivity index (χ4n) is 2.47. The lowest BCUT2D eigenvalue weighted by Gasteiger charge is -2.31. The van der Waals surface area contributed by atoms with Crippen LogP contribution in [0.3, 0.4) is 0 Å². The number of para-hydroxylation sites is 1. The monoisotopic (exact) mass is 311 g/mol. The quantitative estimate of drug-likeness (QED) is 0.685. The van der Waals surface area contributed by atoms with Crippen molar-refractivity contribution in [2.75, 3.05) is 18.4 Å². The first-order chi connectivity index (χ1) is 9.93. The molecule has 0 spiro atoms. The lowest BCUT2D eigenvalue weighted by Crippen LogP contribution is -2.45. The summed E-state index contributed by atoms with van der Waals surface area (Å²) in [6.45, 7) is 4.92. The van der Waals surface area contributed by atoms with Crippen molar-refractivity contribution in [3.05, 3.63) is 24.3 Å². The van der Waals surface area contributed by atoms with E-state index in [0.717, 1.165) is 19.3 Å². The van der Waals surface area contributed by atoms with Crippen LogP contribution in [-0.2, 0) is 10.0 Å². The molecule has 4 N–H and O–H groups in total. The Morgan fingerprint density at radius 1 is 1.33 bits per heavy atom. The van der Waals surface area contributed by atoms with Crippen LogP contribution in [0.4, 0.5) is 5.69 Å². The molecule has 1 aromatic rings. The van der Waals surface area contributed by atoms with Gasteiger partial charge in [-0.2, -0.15) is 0 Å². The summed E-state index contributed by atoms with van der Waals surface area (Å²) in [4.78, 5) is 0.291. The molecule has 1 aliphatic carbocycles. The second-order valence-corrected chi connectivity index (χ2v) is 7.65. The van der Waals surface area contributed by atoms with Crippen LogP contribution < -0.4 is 15.8 Å². The molecule has 1 saturated carbocycles. The number of hydrogen-bond donors (Lipinski definition) is 3. The Morgan fingerprint density at radius 2 is 2.00 bits per heavy atom. The zero-order valence-corrected chi connectivity index (χ0v) is 13.5. The Morgan fingerprint density at radius 3 is 2.57 bits per heavy atom. The van der Waals surface area contributed by atoms with Gasteiger partial charge in [-0.1, -0.05) is 19.1 Å². The molecular weight excluding hydrogens is 286 g/mol. The second-order valence-electron chi connectivity index (χ2n) is 5.91. The third kappa shape index (κ3) is 3.75. The van der Waals surface area contributed by atoms with E-state index in [-0.39, 0.29) is 5.54 Å². The molecule has 1 fully saturated rings. The van der Waals surface area contributed by atoms with Gasteiger partial charge in [0, 0.05) is 18.6 Å². The van der Waals surface area contributed by atoms with Crippen molar-refractivity contribution in [3.63, 3.8) is 0 Å². The molecule has 6 heteroatoms. The Balaban J connectivity index is 2.28. The predicted octanol–water partition coefficient (Wildman–Crippen LogP) is 1.91. The first-order valence-electron chi connectivity index (χ1n) is 7.50. The van der Waals surface area contributed by atoms with Crippen LogP contribution >= 0.6 is 0 Å². The van der Waals surface area contributed by atoms with Crippen LogP contribution in [0, 0.1) is 5.92 Å². The van der Waals surface area contributed by atoms with E-state index < -0.39 is 10.0 Å². The minimum absolute atomic E-state index is 0.254. The summed E-state index contributed by atoms with van der Waals surface area (Å²) >= 11 is 0. The summed E-state index contributed by atoms with van der Waals surface area (Å²) in [5.74, 6) is 0.516. The molecule has 1 aromatic carbocycles. The maximum atomic E-state index is 12.4. The molecule has 118 valence electrons. The van der Waals surface area contributed by atoms with E-state index in [4.69, 9.17) is 5.73 Å². The predicted molar refractivity (Wildman–Crippen MR) is 85.7 cm³/mol. The number of anilines is 1. The van der Waals surface area contributed by atoms with Gasteiger partial charge < -0.3 is 11.1 Å². The Labute approximate surface area is 127 Å². The average Bonchev–Trinajstić information content (AvgIpc) is 3.30. The zero-order chi connectivity index (χ0) is 15.5. The highest BCUT2D eigenvalue weighted by Gasteiger charge is 2.41. The van der Waals surface area contributed by atoms with E-state index >= 15 is 0 Å². The number of benzene rings is 1. The van der Waals surface area contributed by atoms with Crippen LogP contribution in [-0.4, -0.2) is 27.0 Å². The minimum Gasteiger partial charge on any atom is -0.377 e. The Kier molecular flexibility index (Phi) is 4.91. The standard InChI is InChI=1S/C15H25N3O2S/c1-3-10-17-21(19,20)14-7-5-4-6-13(14)18-15(2,11-16)12-8-9-12/h4-7,12,17-18H,3,8-11,16H2,1-2H3. The molecule has 0 amide bonds. The molecule has 21 heavy (non-hydrogen) atoms. The maximum Gasteiger partial charge on any atom is 0.242 e. The minimum atomic E-state index is -3.49. The maximum absolute atomic E-state index is 12.4. The number of nitrogens with one attached hydrogen (secondary N) is 2. The summed E-state index contributed by atoms with van der Waals surface area (Å²) in [5, 5.41) is 3.37. The van der Waals surface area contributed by atoms with Crippen molar-refractivity contribution in [1.29, 1.82) is 0 Å². The molecule has 1 unspecified atom stereocenters. The fraction of sp³-hybridized carbons (Fsp3) is 0.600. The molecule has 0 bridgehead atoms. The van der Waals surface area contributed by atoms with E-state index in [0.29, 0.717) is 29.6 Å². The smallest absolute Gasteiger partial charge is 0.242 e. The molecule has 1 aliphatic rings. The van der Waals surface area contributed by atoms with Gasteiger partial charge in [0.1, 0.15) is 4.90 Å². The first kappa shape index (κ1) is 16.3. The highest BCUT2D eigenvalue weighted by atomic mass is 32.2. The normalized spacial score (nSPS) is 18.2. The third-order valence-corrected chi connectivity index (χ3v) is 5.56. The van der Waals surface area contributed by atoms with Crippen LogP contribution in [0.25, 0.3) is 0 Å². The van der Waals surface area contributed by atoms with E-state index in [1.807, 2.05) is 13.0 Å². The summed E-state index contributed by atoms with van der Waals surface area (Å²) in [7, 11) is -3.49. The van der Waals surface area contributed by atoms with Crippen LogP contribution in [0.1, 0.15) is 33.1 Å². The van der Waals surface area contributed by atoms with E-state index in [1.54, 1.807) is 18.2 Å². The highest BCUT2D eigenvalue weighted by Crippen LogP contribution is 2.41. The Bertz CT molecular complexity index is 584. The van der Waals surface area contributed by atoms with Crippen molar-refractivity contribution >= 4 is 15.7 Å². The number of nitrogens with two attached hydrogens (primary N) is 1. The van der Waals surface area contributed by atoms with Crippen LogP contribution in [0.5, 0.6) is 0 Å². The van der Waals surface area contributed by atoms with Crippen molar-refractivity contribution < 1.29 is 8.42 Å². The van der Waals surface area contributed by atoms with Gasteiger partial charge in [-0.15, -0.1) is 0 Å². The van der Waals surface area contributed by atoms with Gasteiger partial charge in [0.25, 0.3) is 0 Å². The molecule has 0 aromatic heterocycles. The molecular formula is C15H25N3O2S. The van der Waals surface area contributed by atoms with Gasteiger partial charge in [-0.05, 0) is 44.2 Å². The van der Waals surface area contributed by atoms with Gasteiger partial charge in [0.2, 0.25) is 10.0 Å². The average molecular weight is 311 g/mol. The van der Waals surface area contributed by atoms with Crippen molar-refractivity contribution in [3.8, 4) is 0 Å². The lowest BCUT2D eigenvalue weighted by molar-refractivity contribution is 0.458. The molecule has 0 aliphatic heterocycles. The lowest BCUT2D eigenvalue weighted by atomic mass is 9.95. The van der Waals surface area contributed by atoms with Gasteiger partial charge in [0.05, 0.1) is 5.69 Å². The third-order valence-electron chi connectivity index (χ3n) is 4.04. The summed E-state index contributed by atoms with van der Waals surface area (Å²) in [5.41, 5.74) is 6.28. The van der Waals surface area contributed by atoms with Gasteiger partial charge in [-0.25, -0.2) is 13.1 Å². The molecule has 0 saturated heterocycles. The van der Waals surface area contributed by atoms with Crippen molar-refractivity contribution in [2.45, 2.75) is 43.5 Å². The van der Waals surface area contributed by atoms with Crippen LogP contribution in [0.15, 0.2) is 29.2 Å². The number of rotatable bonds is 8. The molecule has 5 nitrogen and oxygen atoms in total. The number of hydrogen-bond acceptors (Lipinski definition) is 4. The fourth-order valence-corrected chi connectivity index (χ4v) is 3.76. The molecule has 2 rings (SSSR count). The first-order valence-corrected chi connectivity index (χ1v) is 8.98. The summed E-state index contributed by atoms with van der Waals surface area (Å²) in [6.07, 6.45) is 3.05. The van der Waals surface area contributed by atoms with E-state index in [9.17, 15) is 8.42 Å². The SMILES string of the molecule is CCCNS(=O)(=O)c1ccccc1NC(C)(CN)C1CC1.